The van der Waals surface area contributed by atoms with Crippen LogP contribution in [0.1, 0.15) is 12.5 Å². The maximum atomic E-state index is 13.0. The Morgan fingerprint density at radius 2 is 1.87 bits per heavy atom. The summed E-state index contributed by atoms with van der Waals surface area (Å²) in [5.74, 6) is 0.268. The van der Waals surface area contributed by atoms with Gasteiger partial charge in [-0.2, -0.15) is 0 Å². The molecule has 0 saturated carbocycles. The molecule has 0 aliphatic carbocycles. The summed E-state index contributed by atoms with van der Waals surface area (Å²) in [5.41, 5.74) is 1.92. The molecule has 1 rings (SSSR count). The van der Waals surface area contributed by atoms with Crippen LogP contribution in [0.4, 0.5) is 4.39 Å². The van der Waals surface area contributed by atoms with E-state index in [1.807, 2.05) is 18.9 Å². The second-order valence-corrected chi connectivity index (χ2v) is 5.72. The standard InChI is InChI=1S/C17H25FN4O/c1-13(2)10-19-17(20-11-16(23)21(3)4)22(5)12-14-6-8-15(18)9-7-14/h6-9H,1,10-12H2,2-5H3,(H,19,20). The molecular formula is C17H25FN4O. The van der Waals surface area contributed by atoms with Crippen molar-refractivity contribution >= 4 is 11.9 Å². The van der Waals surface area contributed by atoms with Crippen molar-refractivity contribution in [1.82, 2.24) is 15.1 Å². The Morgan fingerprint density at radius 1 is 1.26 bits per heavy atom. The summed E-state index contributed by atoms with van der Waals surface area (Å²) in [7, 11) is 5.26. The molecule has 6 heteroatoms. The van der Waals surface area contributed by atoms with E-state index in [4.69, 9.17) is 0 Å². The number of guanidine groups is 1. The van der Waals surface area contributed by atoms with Crippen LogP contribution in [-0.4, -0.2) is 55.9 Å². The van der Waals surface area contributed by atoms with E-state index >= 15 is 0 Å². The van der Waals surface area contributed by atoms with Crippen LogP contribution in [0.3, 0.4) is 0 Å². The van der Waals surface area contributed by atoms with E-state index in [2.05, 4.69) is 16.9 Å². The summed E-state index contributed by atoms with van der Waals surface area (Å²) in [6.45, 7) is 6.96. The SMILES string of the molecule is C=C(C)CNC(=NCC(=O)N(C)C)N(C)Cc1ccc(F)cc1. The van der Waals surface area contributed by atoms with Crippen molar-refractivity contribution in [3.63, 3.8) is 0 Å². The number of nitrogens with one attached hydrogen (secondary N) is 1. The lowest BCUT2D eigenvalue weighted by Gasteiger charge is -2.23. The van der Waals surface area contributed by atoms with Gasteiger partial charge in [0.1, 0.15) is 12.4 Å². The Kier molecular flexibility index (Phi) is 7.25. The highest BCUT2D eigenvalue weighted by atomic mass is 19.1. The predicted octanol–water partition coefficient (Wildman–Crippen LogP) is 1.87. The summed E-state index contributed by atoms with van der Waals surface area (Å²) in [5, 5.41) is 3.18. The van der Waals surface area contributed by atoms with Crippen LogP contribution in [-0.2, 0) is 11.3 Å². The Hall–Kier alpha value is -2.37. The van der Waals surface area contributed by atoms with Crippen LogP contribution in [0.5, 0.6) is 0 Å². The maximum absolute atomic E-state index is 13.0. The van der Waals surface area contributed by atoms with Gasteiger partial charge in [0.15, 0.2) is 5.96 Å². The first kappa shape index (κ1) is 18.7. The summed E-state index contributed by atoms with van der Waals surface area (Å²) in [4.78, 5) is 19.5. The summed E-state index contributed by atoms with van der Waals surface area (Å²) < 4.78 is 13.0. The monoisotopic (exact) mass is 320 g/mol. The van der Waals surface area contributed by atoms with Gasteiger partial charge in [0.2, 0.25) is 5.91 Å². The Morgan fingerprint density at radius 3 is 2.39 bits per heavy atom. The zero-order valence-corrected chi connectivity index (χ0v) is 14.3. The minimum atomic E-state index is -0.262. The fourth-order valence-electron chi connectivity index (χ4n) is 1.76. The molecule has 0 saturated heterocycles. The molecule has 23 heavy (non-hydrogen) atoms. The van der Waals surface area contributed by atoms with Gasteiger partial charge < -0.3 is 15.1 Å². The highest BCUT2D eigenvalue weighted by molar-refractivity contribution is 5.84. The van der Waals surface area contributed by atoms with Crippen LogP contribution in [0, 0.1) is 5.82 Å². The summed E-state index contributed by atoms with van der Waals surface area (Å²) in [6, 6.07) is 6.31. The highest BCUT2D eigenvalue weighted by Crippen LogP contribution is 2.06. The Labute approximate surface area is 137 Å². The molecule has 0 unspecified atom stereocenters. The molecule has 0 aliphatic rings. The molecule has 1 aromatic rings. The third-order valence-corrected chi connectivity index (χ3v) is 3.11. The van der Waals surface area contributed by atoms with Gasteiger partial charge in [0.25, 0.3) is 0 Å². The molecule has 1 N–H and O–H groups in total. The average molecular weight is 320 g/mol. The van der Waals surface area contributed by atoms with Gasteiger partial charge in [0, 0.05) is 34.2 Å². The van der Waals surface area contributed by atoms with Crippen molar-refractivity contribution in [2.45, 2.75) is 13.5 Å². The Balaban J connectivity index is 2.79. The molecule has 126 valence electrons. The number of carbonyl (C=O) groups excluding carboxylic acids is 1. The van der Waals surface area contributed by atoms with Crippen LogP contribution in [0.15, 0.2) is 41.4 Å². The molecule has 0 radical (unpaired) electrons. The zero-order chi connectivity index (χ0) is 17.4. The quantitative estimate of drug-likeness (QED) is 0.494. The number of halogens is 1. The molecule has 0 aromatic heterocycles. The number of nitrogens with zero attached hydrogens (tertiary/aromatic N) is 3. The van der Waals surface area contributed by atoms with Crippen LogP contribution >= 0.6 is 0 Å². The maximum Gasteiger partial charge on any atom is 0.243 e. The first-order valence-electron chi connectivity index (χ1n) is 7.38. The minimum absolute atomic E-state index is 0.0687. The van der Waals surface area contributed by atoms with Crippen molar-refractivity contribution in [3.05, 3.63) is 47.8 Å². The molecule has 1 aromatic carbocycles. The molecule has 0 bridgehead atoms. The molecule has 0 fully saturated rings. The van der Waals surface area contributed by atoms with Crippen molar-refractivity contribution < 1.29 is 9.18 Å². The van der Waals surface area contributed by atoms with Crippen LogP contribution in [0.25, 0.3) is 0 Å². The largest absolute Gasteiger partial charge is 0.353 e. The minimum Gasteiger partial charge on any atom is -0.353 e. The lowest BCUT2D eigenvalue weighted by Crippen LogP contribution is -2.40. The average Bonchev–Trinajstić information content (AvgIpc) is 2.48. The molecule has 0 atom stereocenters. The molecule has 0 spiro atoms. The normalized spacial score (nSPS) is 11.1. The number of hydrogen-bond acceptors (Lipinski definition) is 2. The van der Waals surface area contributed by atoms with Crippen LogP contribution in [0.2, 0.25) is 0 Å². The first-order chi connectivity index (χ1) is 10.8. The van der Waals surface area contributed by atoms with E-state index in [1.165, 1.54) is 17.0 Å². The predicted molar refractivity (Wildman–Crippen MR) is 91.7 cm³/mol. The number of amides is 1. The number of likely N-dealkylation sites (N-methyl/N-ethyl adjacent to an activating group) is 1. The lowest BCUT2D eigenvalue weighted by atomic mass is 10.2. The van der Waals surface area contributed by atoms with Gasteiger partial charge in [-0.3, -0.25) is 4.79 Å². The van der Waals surface area contributed by atoms with Gasteiger partial charge in [-0.1, -0.05) is 24.3 Å². The van der Waals surface area contributed by atoms with Crippen molar-refractivity contribution in [1.29, 1.82) is 0 Å². The first-order valence-corrected chi connectivity index (χ1v) is 7.38. The highest BCUT2D eigenvalue weighted by Gasteiger charge is 2.09. The van der Waals surface area contributed by atoms with Gasteiger partial charge >= 0.3 is 0 Å². The van der Waals surface area contributed by atoms with E-state index < -0.39 is 0 Å². The van der Waals surface area contributed by atoms with Crippen molar-refractivity contribution in [2.75, 3.05) is 34.2 Å². The zero-order valence-electron chi connectivity index (χ0n) is 14.3. The van der Waals surface area contributed by atoms with E-state index in [1.54, 1.807) is 26.2 Å². The van der Waals surface area contributed by atoms with E-state index in [9.17, 15) is 9.18 Å². The topological polar surface area (TPSA) is 47.9 Å². The molecule has 0 aliphatic heterocycles. The van der Waals surface area contributed by atoms with E-state index in [0.717, 1.165) is 11.1 Å². The number of benzene rings is 1. The summed E-state index contributed by atoms with van der Waals surface area (Å²) in [6.07, 6.45) is 0. The Bertz CT molecular complexity index is 566. The second kappa shape index (κ2) is 8.92. The van der Waals surface area contributed by atoms with Gasteiger partial charge in [-0.05, 0) is 24.6 Å². The van der Waals surface area contributed by atoms with Gasteiger partial charge in [-0.25, -0.2) is 9.38 Å². The smallest absolute Gasteiger partial charge is 0.243 e. The van der Waals surface area contributed by atoms with E-state index in [-0.39, 0.29) is 18.3 Å². The molecule has 0 heterocycles. The molecule has 5 nitrogen and oxygen atoms in total. The second-order valence-electron chi connectivity index (χ2n) is 5.72. The van der Waals surface area contributed by atoms with Crippen molar-refractivity contribution in [3.8, 4) is 0 Å². The fraction of sp³-hybridized carbons (Fsp3) is 0.412. The number of carbonyl (C=O) groups is 1. The van der Waals surface area contributed by atoms with E-state index in [0.29, 0.717) is 19.0 Å². The molecular weight excluding hydrogens is 295 g/mol. The van der Waals surface area contributed by atoms with Crippen LogP contribution < -0.4 is 5.32 Å². The lowest BCUT2D eigenvalue weighted by molar-refractivity contribution is -0.127. The van der Waals surface area contributed by atoms with Crippen molar-refractivity contribution in [2.24, 2.45) is 4.99 Å². The molecule has 1 amide bonds. The summed E-state index contributed by atoms with van der Waals surface area (Å²) >= 11 is 0. The van der Waals surface area contributed by atoms with Gasteiger partial charge in [-0.15, -0.1) is 0 Å². The number of hydrogen-bond donors (Lipinski definition) is 1. The number of aliphatic imine (C=N–C) groups is 1. The number of rotatable bonds is 6. The fourth-order valence-corrected chi connectivity index (χ4v) is 1.76. The third kappa shape index (κ3) is 6.95. The van der Waals surface area contributed by atoms with Gasteiger partial charge in [0.05, 0.1) is 0 Å². The third-order valence-electron chi connectivity index (χ3n) is 3.11.